The zero-order valence-corrected chi connectivity index (χ0v) is 14.8. The molecule has 0 aromatic heterocycles. The lowest BCUT2D eigenvalue weighted by Crippen LogP contribution is -2.43. The molecule has 24 heavy (non-hydrogen) atoms. The molecule has 1 aliphatic rings. The van der Waals surface area contributed by atoms with Crippen molar-refractivity contribution >= 4 is 21.8 Å². The number of likely N-dealkylation sites (tertiary alicyclic amines) is 1. The van der Waals surface area contributed by atoms with E-state index >= 15 is 0 Å². The summed E-state index contributed by atoms with van der Waals surface area (Å²) in [4.78, 5) is 14.4. The van der Waals surface area contributed by atoms with E-state index in [0.717, 1.165) is 23.9 Å². The van der Waals surface area contributed by atoms with E-state index < -0.39 is 0 Å². The molecule has 5 heteroatoms. The number of carbonyl (C=O) groups is 1. The number of benzene rings is 2. The maximum absolute atomic E-state index is 13.7. The number of ether oxygens (including phenoxy) is 1. The Bertz CT molecular complexity index is 722. The van der Waals surface area contributed by atoms with Crippen molar-refractivity contribution in [2.75, 3.05) is 13.1 Å². The van der Waals surface area contributed by atoms with E-state index in [-0.39, 0.29) is 24.4 Å². The van der Waals surface area contributed by atoms with Gasteiger partial charge in [-0.3, -0.25) is 4.79 Å². The van der Waals surface area contributed by atoms with Crippen molar-refractivity contribution in [3.05, 3.63) is 69.9 Å². The van der Waals surface area contributed by atoms with E-state index in [1.165, 1.54) is 6.07 Å². The Labute approximate surface area is 149 Å². The van der Waals surface area contributed by atoms with Crippen molar-refractivity contribution in [1.82, 2.24) is 4.90 Å². The molecule has 126 valence electrons. The molecule has 3 nitrogen and oxygen atoms in total. The fraction of sp³-hybridized carbons (Fsp3) is 0.316. The van der Waals surface area contributed by atoms with Crippen molar-refractivity contribution in [1.29, 1.82) is 0 Å². The summed E-state index contributed by atoms with van der Waals surface area (Å²) >= 11 is 3.39. The molecule has 0 unspecified atom stereocenters. The molecule has 1 heterocycles. The molecule has 0 bridgehead atoms. The Hall–Kier alpha value is -1.72. The molecular weight excluding hydrogens is 373 g/mol. The van der Waals surface area contributed by atoms with E-state index in [4.69, 9.17) is 4.74 Å². The summed E-state index contributed by atoms with van der Waals surface area (Å²) in [6.07, 6.45) is 1.72. The molecule has 0 spiro atoms. The standard InChI is InChI=1S/C19H19BrFNO2/c20-16-7-3-6-14(11-16)19(23)22-10-4-8-17(12-22)24-13-15-5-1-2-9-18(15)21/h1-3,5-7,9,11,17H,4,8,10,12-13H2/t17-/m1/s1. The van der Waals surface area contributed by atoms with Crippen LogP contribution < -0.4 is 0 Å². The molecular formula is C19H19BrFNO2. The van der Waals surface area contributed by atoms with Crippen LogP contribution in [0.3, 0.4) is 0 Å². The molecule has 1 aliphatic heterocycles. The predicted molar refractivity (Wildman–Crippen MR) is 94.3 cm³/mol. The maximum Gasteiger partial charge on any atom is 0.253 e. The first-order chi connectivity index (χ1) is 11.6. The second-order valence-electron chi connectivity index (χ2n) is 5.93. The topological polar surface area (TPSA) is 29.5 Å². The fourth-order valence-corrected chi connectivity index (χ4v) is 3.29. The van der Waals surface area contributed by atoms with E-state index in [0.29, 0.717) is 17.7 Å². The van der Waals surface area contributed by atoms with Crippen LogP contribution in [0, 0.1) is 5.82 Å². The van der Waals surface area contributed by atoms with Crippen molar-refractivity contribution < 1.29 is 13.9 Å². The highest BCUT2D eigenvalue weighted by atomic mass is 79.9. The van der Waals surface area contributed by atoms with Crippen LogP contribution in [0.2, 0.25) is 0 Å². The Balaban J connectivity index is 1.60. The fourth-order valence-electron chi connectivity index (χ4n) is 2.89. The number of rotatable bonds is 4. The minimum absolute atomic E-state index is 0.00971. The van der Waals surface area contributed by atoms with E-state index in [9.17, 15) is 9.18 Å². The van der Waals surface area contributed by atoms with Gasteiger partial charge in [0.25, 0.3) is 5.91 Å². The van der Waals surface area contributed by atoms with Gasteiger partial charge in [-0.2, -0.15) is 0 Å². The normalized spacial score (nSPS) is 17.8. The quantitative estimate of drug-likeness (QED) is 0.772. The lowest BCUT2D eigenvalue weighted by molar-refractivity contribution is -0.00762. The third kappa shape index (κ3) is 4.22. The molecule has 1 amide bonds. The number of amides is 1. The molecule has 1 saturated heterocycles. The highest BCUT2D eigenvalue weighted by molar-refractivity contribution is 9.10. The largest absolute Gasteiger partial charge is 0.372 e. The Morgan fingerprint density at radius 1 is 1.25 bits per heavy atom. The lowest BCUT2D eigenvalue weighted by Gasteiger charge is -2.32. The van der Waals surface area contributed by atoms with Crippen LogP contribution in [0.15, 0.2) is 53.0 Å². The molecule has 0 radical (unpaired) electrons. The number of carbonyl (C=O) groups excluding carboxylic acids is 1. The van der Waals surface area contributed by atoms with Crippen LogP contribution in [0.4, 0.5) is 4.39 Å². The van der Waals surface area contributed by atoms with Crippen molar-refractivity contribution in [2.45, 2.75) is 25.6 Å². The van der Waals surface area contributed by atoms with Gasteiger partial charge in [0.05, 0.1) is 12.7 Å². The zero-order chi connectivity index (χ0) is 16.9. The average molecular weight is 392 g/mol. The van der Waals surface area contributed by atoms with Gasteiger partial charge in [0.15, 0.2) is 0 Å². The summed E-state index contributed by atoms with van der Waals surface area (Å²) < 4.78 is 20.4. The van der Waals surface area contributed by atoms with E-state index in [1.807, 2.05) is 29.2 Å². The smallest absolute Gasteiger partial charge is 0.253 e. The molecule has 1 atom stereocenters. The Kier molecular flexibility index (Phi) is 5.63. The average Bonchev–Trinajstić information content (AvgIpc) is 2.61. The molecule has 0 saturated carbocycles. The molecule has 0 N–H and O–H groups in total. The van der Waals surface area contributed by atoms with Crippen LogP contribution in [0.5, 0.6) is 0 Å². The van der Waals surface area contributed by atoms with Gasteiger partial charge in [-0.1, -0.05) is 40.2 Å². The Morgan fingerprint density at radius 3 is 2.88 bits per heavy atom. The first kappa shape index (κ1) is 17.1. The van der Waals surface area contributed by atoms with Crippen LogP contribution in [0.1, 0.15) is 28.8 Å². The van der Waals surface area contributed by atoms with Gasteiger partial charge in [0.2, 0.25) is 0 Å². The van der Waals surface area contributed by atoms with E-state index in [2.05, 4.69) is 15.9 Å². The van der Waals surface area contributed by atoms with Crippen molar-refractivity contribution in [2.24, 2.45) is 0 Å². The minimum Gasteiger partial charge on any atom is -0.372 e. The number of nitrogens with zero attached hydrogens (tertiary/aromatic N) is 1. The van der Waals surface area contributed by atoms with Gasteiger partial charge in [-0.15, -0.1) is 0 Å². The van der Waals surface area contributed by atoms with Gasteiger partial charge in [-0.05, 0) is 37.1 Å². The summed E-state index contributed by atoms with van der Waals surface area (Å²) in [5.74, 6) is -0.245. The molecule has 1 fully saturated rings. The number of halogens is 2. The minimum atomic E-state index is -0.254. The van der Waals surface area contributed by atoms with Gasteiger partial charge in [-0.25, -0.2) is 4.39 Å². The van der Waals surface area contributed by atoms with Crippen molar-refractivity contribution in [3.63, 3.8) is 0 Å². The summed E-state index contributed by atoms with van der Waals surface area (Å²) in [6, 6.07) is 14.0. The van der Waals surface area contributed by atoms with Gasteiger partial charge in [0, 0.05) is 28.7 Å². The third-order valence-corrected chi connectivity index (χ3v) is 4.66. The van der Waals surface area contributed by atoms with Crippen LogP contribution in [-0.4, -0.2) is 30.0 Å². The Morgan fingerprint density at radius 2 is 2.08 bits per heavy atom. The van der Waals surface area contributed by atoms with Gasteiger partial charge >= 0.3 is 0 Å². The molecule has 2 aromatic carbocycles. The SMILES string of the molecule is O=C(c1cccc(Br)c1)N1CCC[C@@H](OCc2ccccc2F)C1. The number of piperidine rings is 1. The van der Waals surface area contributed by atoms with Crippen molar-refractivity contribution in [3.8, 4) is 0 Å². The first-order valence-electron chi connectivity index (χ1n) is 8.03. The summed E-state index contributed by atoms with van der Waals surface area (Å²) in [5, 5.41) is 0. The number of hydrogen-bond acceptors (Lipinski definition) is 2. The monoisotopic (exact) mass is 391 g/mol. The molecule has 0 aliphatic carbocycles. The summed E-state index contributed by atoms with van der Waals surface area (Å²) in [6.45, 7) is 1.50. The van der Waals surface area contributed by atoms with E-state index in [1.54, 1.807) is 18.2 Å². The summed E-state index contributed by atoms with van der Waals surface area (Å²) in [7, 11) is 0. The predicted octanol–water partition coefficient (Wildman–Crippen LogP) is 4.41. The molecule has 3 rings (SSSR count). The maximum atomic E-state index is 13.7. The second-order valence-corrected chi connectivity index (χ2v) is 6.84. The van der Waals surface area contributed by atoms with Crippen LogP contribution >= 0.6 is 15.9 Å². The van der Waals surface area contributed by atoms with Crippen LogP contribution in [0.25, 0.3) is 0 Å². The molecule has 2 aromatic rings. The van der Waals surface area contributed by atoms with Gasteiger partial charge < -0.3 is 9.64 Å². The first-order valence-corrected chi connectivity index (χ1v) is 8.82. The van der Waals surface area contributed by atoms with Crippen LogP contribution in [-0.2, 0) is 11.3 Å². The van der Waals surface area contributed by atoms with Gasteiger partial charge in [0.1, 0.15) is 5.82 Å². The summed E-state index contributed by atoms with van der Waals surface area (Å²) in [5.41, 5.74) is 1.21. The highest BCUT2D eigenvalue weighted by Crippen LogP contribution is 2.20. The third-order valence-electron chi connectivity index (χ3n) is 4.17. The number of hydrogen-bond donors (Lipinski definition) is 0. The second kappa shape index (κ2) is 7.90. The highest BCUT2D eigenvalue weighted by Gasteiger charge is 2.25. The lowest BCUT2D eigenvalue weighted by atomic mass is 10.1. The zero-order valence-electron chi connectivity index (χ0n) is 13.3.